The Labute approximate surface area is 176 Å². The van der Waals surface area contributed by atoms with E-state index in [1.807, 2.05) is 18.2 Å². The summed E-state index contributed by atoms with van der Waals surface area (Å²) in [5.74, 6) is -0.106. The predicted octanol–water partition coefficient (Wildman–Crippen LogP) is 4.78. The molecule has 142 valence electrons. The van der Waals surface area contributed by atoms with Gasteiger partial charge in [-0.25, -0.2) is 0 Å². The Balaban J connectivity index is 1.73. The van der Waals surface area contributed by atoms with Crippen molar-refractivity contribution in [3.8, 4) is 0 Å². The molecular weight excluding hydrogens is 460 g/mol. The molecule has 1 unspecified atom stereocenters. The molecule has 0 saturated carbocycles. The van der Waals surface area contributed by atoms with E-state index in [9.17, 15) is 4.79 Å². The van der Waals surface area contributed by atoms with Gasteiger partial charge in [0.05, 0.1) is 0 Å². The zero-order valence-electron chi connectivity index (χ0n) is 16.1. The molecule has 0 N–H and O–H groups in total. The van der Waals surface area contributed by atoms with Gasteiger partial charge in [0.25, 0.3) is 0 Å². The molecule has 3 aromatic rings. The number of ether oxygens (including phenoxy) is 1. The second-order valence-corrected chi connectivity index (χ2v) is 10.2. The maximum atomic E-state index is 12.8. The third-order valence-electron chi connectivity index (χ3n) is 5.10. The van der Waals surface area contributed by atoms with Gasteiger partial charge in [0.1, 0.15) is 0 Å². The first-order valence-electron chi connectivity index (χ1n) is 9.90. The zero-order valence-corrected chi connectivity index (χ0v) is 18.4. The van der Waals surface area contributed by atoms with Crippen LogP contribution in [0.4, 0.5) is 0 Å². The Morgan fingerprint density at radius 1 is 0.929 bits per heavy atom. The molecule has 0 spiro atoms. The molecule has 0 radical (unpaired) electrons. The summed E-state index contributed by atoms with van der Waals surface area (Å²) in [6, 6.07) is 25.3. The number of carbonyl (C=O) groups excluding carboxylic acids is 1. The van der Waals surface area contributed by atoms with Crippen molar-refractivity contribution >= 4 is 41.3 Å². The van der Waals surface area contributed by atoms with Gasteiger partial charge in [-0.05, 0) is 0 Å². The van der Waals surface area contributed by atoms with Crippen LogP contribution in [0.15, 0.2) is 82.0 Å². The molecule has 1 aliphatic rings. The van der Waals surface area contributed by atoms with E-state index in [1.54, 1.807) is 0 Å². The first-order valence-corrected chi connectivity index (χ1v) is 12.2. The quantitative estimate of drug-likeness (QED) is 0.357. The Morgan fingerprint density at radius 3 is 2.50 bits per heavy atom. The zero-order chi connectivity index (χ0) is 19.3. The minimum atomic E-state index is -0.694. The fraction of sp³-hybridized carbons (Fsp3) is 0.240. The number of rotatable bonds is 7. The number of benzene rings is 3. The molecule has 3 aromatic carbocycles. The molecule has 0 saturated heterocycles. The number of esters is 1. The van der Waals surface area contributed by atoms with Crippen LogP contribution in [0.3, 0.4) is 0 Å². The summed E-state index contributed by atoms with van der Waals surface area (Å²) in [4.78, 5) is 12.8. The molecule has 2 nitrogen and oxygen atoms in total. The molecule has 0 aromatic heterocycles. The predicted molar refractivity (Wildman–Crippen MR) is 116 cm³/mol. The minimum absolute atomic E-state index is 0.0347. The SMILES string of the molecule is CCCCC1OC(=O)C(Cc2ccccc2)=C1[Te]c1cccc2ccccc12. The van der Waals surface area contributed by atoms with Crippen LogP contribution in [0.1, 0.15) is 31.7 Å². The van der Waals surface area contributed by atoms with Crippen LogP contribution in [0.25, 0.3) is 10.8 Å². The molecule has 0 aliphatic carbocycles. The summed E-state index contributed by atoms with van der Waals surface area (Å²) in [5.41, 5.74) is 2.08. The van der Waals surface area contributed by atoms with Crippen LogP contribution in [0.5, 0.6) is 0 Å². The monoisotopic (exact) mass is 486 g/mol. The van der Waals surface area contributed by atoms with Crippen molar-refractivity contribution in [1.29, 1.82) is 0 Å². The summed E-state index contributed by atoms with van der Waals surface area (Å²) in [5, 5.41) is 2.58. The molecule has 1 heterocycles. The van der Waals surface area contributed by atoms with Gasteiger partial charge in [0.2, 0.25) is 0 Å². The number of hydrogen-bond acceptors (Lipinski definition) is 2. The van der Waals surface area contributed by atoms with Gasteiger partial charge in [0, 0.05) is 0 Å². The van der Waals surface area contributed by atoms with E-state index >= 15 is 0 Å². The Kier molecular flexibility index (Phi) is 6.15. The molecule has 3 heteroatoms. The van der Waals surface area contributed by atoms with Crippen molar-refractivity contribution < 1.29 is 9.53 Å². The van der Waals surface area contributed by atoms with E-state index < -0.39 is 20.9 Å². The van der Waals surface area contributed by atoms with Crippen molar-refractivity contribution in [2.24, 2.45) is 0 Å². The molecule has 1 aliphatic heterocycles. The third-order valence-corrected chi connectivity index (χ3v) is 8.82. The van der Waals surface area contributed by atoms with Crippen molar-refractivity contribution in [2.45, 2.75) is 38.7 Å². The van der Waals surface area contributed by atoms with Gasteiger partial charge in [-0.3, -0.25) is 0 Å². The molecule has 1 atom stereocenters. The van der Waals surface area contributed by atoms with E-state index in [0.29, 0.717) is 6.42 Å². The average Bonchev–Trinajstić information content (AvgIpc) is 3.02. The standard InChI is InChI=1S/C25H24O2Te/c1-2-3-15-22-24(21(25(26)27-22)17-18-10-5-4-6-11-18)28-23-16-9-13-19-12-7-8-14-20(19)23/h4-14,16,22H,2-3,15,17H2,1H3. The van der Waals surface area contributed by atoms with Gasteiger partial charge in [-0.2, -0.15) is 0 Å². The number of fused-ring (bicyclic) bond motifs is 1. The molecule has 4 rings (SSSR count). The fourth-order valence-corrected chi connectivity index (χ4v) is 7.20. The van der Waals surface area contributed by atoms with E-state index in [1.165, 1.54) is 23.6 Å². The number of unbranched alkanes of at least 4 members (excludes halogenated alkanes) is 1. The normalized spacial score (nSPS) is 16.6. The average molecular weight is 484 g/mol. The second-order valence-electron chi connectivity index (χ2n) is 7.12. The van der Waals surface area contributed by atoms with Gasteiger partial charge in [0.15, 0.2) is 0 Å². The Morgan fingerprint density at radius 2 is 1.68 bits per heavy atom. The van der Waals surface area contributed by atoms with Crippen molar-refractivity contribution in [3.63, 3.8) is 0 Å². The molecule has 0 fully saturated rings. The van der Waals surface area contributed by atoms with Crippen LogP contribution in [-0.2, 0) is 16.0 Å². The van der Waals surface area contributed by atoms with Crippen LogP contribution in [0, 0.1) is 0 Å². The number of cyclic esters (lactones) is 1. The van der Waals surface area contributed by atoms with Gasteiger partial charge in [-0.1, -0.05) is 0 Å². The summed E-state index contributed by atoms with van der Waals surface area (Å²) >= 11 is -0.694. The summed E-state index contributed by atoms with van der Waals surface area (Å²) in [6.45, 7) is 2.19. The number of hydrogen-bond donors (Lipinski definition) is 0. The van der Waals surface area contributed by atoms with E-state index in [0.717, 1.165) is 24.8 Å². The van der Waals surface area contributed by atoms with Crippen LogP contribution in [0.2, 0.25) is 0 Å². The van der Waals surface area contributed by atoms with Crippen LogP contribution >= 0.6 is 0 Å². The van der Waals surface area contributed by atoms with Gasteiger partial charge < -0.3 is 0 Å². The summed E-state index contributed by atoms with van der Waals surface area (Å²) < 4.78 is 8.55. The van der Waals surface area contributed by atoms with Crippen LogP contribution < -0.4 is 3.61 Å². The van der Waals surface area contributed by atoms with Crippen LogP contribution in [-0.4, -0.2) is 33.0 Å². The summed E-state index contributed by atoms with van der Waals surface area (Å²) in [7, 11) is 0. The molecular formula is C25H24O2Te. The molecule has 0 amide bonds. The molecule has 28 heavy (non-hydrogen) atoms. The number of carbonyl (C=O) groups is 1. The first kappa shape index (κ1) is 19.2. The Hall–Kier alpha value is -2.08. The van der Waals surface area contributed by atoms with Crippen molar-refractivity contribution in [2.75, 3.05) is 0 Å². The fourth-order valence-electron chi connectivity index (χ4n) is 3.62. The summed E-state index contributed by atoms with van der Waals surface area (Å²) in [6.07, 6.45) is 3.78. The first-order chi connectivity index (χ1) is 13.8. The molecule has 0 bridgehead atoms. The second kappa shape index (κ2) is 8.95. The topological polar surface area (TPSA) is 26.3 Å². The van der Waals surface area contributed by atoms with E-state index in [-0.39, 0.29) is 12.1 Å². The maximum absolute atomic E-state index is 12.8. The van der Waals surface area contributed by atoms with Gasteiger partial charge >= 0.3 is 177 Å². The Bertz CT molecular complexity index is 1000. The van der Waals surface area contributed by atoms with Crippen molar-refractivity contribution in [3.05, 3.63) is 87.6 Å². The van der Waals surface area contributed by atoms with Gasteiger partial charge in [-0.15, -0.1) is 0 Å². The van der Waals surface area contributed by atoms with E-state index in [4.69, 9.17) is 4.74 Å². The van der Waals surface area contributed by atoms with Crippen molar-refractivity contribution in [1.82, 2.24) is 0 Å². The van der Waals surface area contributed by atoms with E-state index in [2.05, 4.69) is 61.5 Å². The third kappa shape index (κ3) is 4.17.